The molecule has 1 aliphatic rings. The SMILES string of the molecule is CCC(CC)(CC)n1c(C)nc2c1CCNC2. The maximum atomic E-state index is 4.76. The van der Waals surface area contributed by atoms with Gasteiger partial charge in [-0.05, 0) is 26.2 Å². The summed E-state index contributed by atoms with van der Waals surface area (Å²) < 4.78 is 2.54. The molecule has 3 nitrogen and oxygen atoms in total. The summed E-state index contributed by atoms with van der Waals surface area (Å²) in [6.07, 6.45) is 4.70. The van der Waals surface area contributed by atoms with Crippen molar-refractivity contribution in [2.24, 2.45) is 0 Å². The Hall–Kier alpha value is -0.830. The average Bonchev–Trinajstić information content (AvgIpc) is 2.70. The molecule has 0 aromatic carbocycles. The van der Waals surface area contributed by atoms with Crippen LogP contribution in [-0.2, 0) is 18.5 Å². The topological polar surface area (TPSA) is 29.9 Å². The van der Waals surface area contributed by atoms with Crippen molar-refractivity contribution in [3.05, 3.63) is 17.2 Å². The van der Waals surface area contributed by atoms with Crippen molar-refractivity contribution in [2.45, 2.75) is 65.5 Å². The minimum atomic E-state index is 0.280. The highest BCUT2D eigenvalue weighted by Gasteiger charge is 2.32. The van der Waals surface area contributed by atoms with Crippen LogP contribution in [0.15, 0.2) is 0 Å². The smallest absolute Gasteiger partial charge is 0.106 e. The van der Waals surface area contributed by atoms with Gasteiger partial charge in [-0.1, -0.05) is 20.8 Å². The lowest BCUT2D eigenvalue weighted by atomic mass is 9.88. The average molecular weight is 235 g/mol. The Balaban J connectivity index is 2.53. The standard InChI is InChI=1S/C14H25N3/c1-5-14(6-2,7-3)17-11(4)16-12-10-15-9-8-13(12)17/h15H,5-10H2,1-4H3. The molecule has 2 rings (SSSR count). The highest BCUT2D eigenvalue weighted by molar-refractivity contribution is 5.22. The summed E-state index contributed by atoms with van der Waals surface area (Å²) in [5, 5.41) is 3.41. The van der Waals surface area contributed by atoms with Gasteiger partial charge in [0.2, 0.25) is 0 Å². The molecule has 0 unspecified atom stereocenters. The first kappa shape index (κ1) is 12.6. The van der Waals surface area contributed by atoms with E-state index in [9.17, 15) is 0 Å². The van der Waals surface area contributed by atoms with E-state index in [0.29, 0.717) is 0 Å². The molecular weight excluding hydrogens is 210 g/mol. The molecule has 96 valence electrons. The highest BCUT2D eigenvalue weighted by Crippen LogP contribution is 2.33. The first-order chi connectivity index (χ1) is 8.18. The number of aromatic nitrogens is 2. The van der Waals surface area contributed by atoms with Gasteiger partial charge in [0.1, 0.15) is 5.82 Å². The lowest BCUT2D eigenvalue weighted by Crippen LogP contribution is -2.36. The summed E-state index contributed by atoms with van der Waals surface area (Å²) in [6.45, 7) is 11.1. The molecule has 0 bridgehead atoms. The second kappa shape index (κ2) is 4.81. The molecule has 0 atom stereocenters. The quantitative estimate of drug-likeness (QED) is 0.869. The number of hydrogen-bond acceptors (Lipinski definition) is 2. The Morgan fingerprint density at radius 3 is 2.47 bits per heavy atom. The molecule has 2 heterocycles. The minimum Gasteiger partial charge on any atom is -0.326 e. The third kappa shape index (κ3) is 1.90. The summed E-state index contributed by atoms with van der Waals surface area (Å²) >= 11 is 0. The first-order valence-electron chi connectivity index (χ1n) is 6.96. The number of rotatable bonds is 4. The van der Waals surface area contributed by atoms with Crippen molar-refractivity contribution >= 4 is 0 Å². The zero-order valence-corrected chi connectivity index (χ0v) is 11.6. The van der Waals surface area contributed by atoms with E-state index >= 15 is 0 Å². The molecule has 3 heteroatoms. The van der Waals surface area contributed by atoms with Crippen LogP contribution in [-0.4, -0.2) is 16.1 Å². The second-order valence-electron chi connectivity index (χ2n) is 5.10. The Morgan fingerprint density at radius 2 is 1.88 bits per heavy atom. The van der Waals surface area contributed by atoms with E-state index in [0.717, 1.165) is 19.5 Å². The van der Waals surface area contributed by atoms with E-state index in [4.69, 9.17) is 4.98 Å². The van der Waals surface area contributed by atoms with Crippen LogP contribution in [0.3, 0.4) is 0 Å². The van der Waals surface area contributed by atoms with Crippen molar-refractivity contribution in [3.63, 3.8) is 0 Å². The van der Waals surface area contributed by atoms with Gasteiger partial charge in [0.05, 0.1) is 5.69 Å². The lowest BCUT2D eigenvalue weighted by molar-refractivity contribution is 0.238. The van der Waals surface area contributed by atoms with Crippen molar-refractivity contribution < 1.29 is 0 Å². The predicted molar refractivity (Wildman–Crippen MR) is 71.2 cm³/mol. The number of imidazole rings is 1. The van der Waals surface area contributed by atoms with Gasteiger partial charge < -0.3 is 9.88 Å². The summed E-state index contributed by atoms with van der Waals surface area (Å²) in [7, 11) is 0. The Kier molecular flexibility index (Phi) is 3.57. The number of nitrogens with zero attached hydrogens (tertiary/aromatic N) is 2. The van der Waals surface area contributed by atoms with Gasteiger partial charge in [-0.25, -0.2) is 4.98 Å². The van der Waals surface area contributed by atoms with Crippen LogP contribution < -0.4 is 5.32 Å². The van der Waals surface area contributed by atoms with Crippen molar-refractivity contribution in [1.29, 1.82) is 0 Å². The third-order valence-corrected chi connectivity index (χ3v) is 4.50. The molecule has 0 aliphatic carbocycles. The maximum Gasteiger partial charge on any atom is 0.106 e. The van der Waals surface area contributed by atoms with Crippen molar-refractivity contribution in [3.8, 4) is 0 Å². The minimum absolute atomic E-state index is 0.280. The van der Waals surface area contributed by atoms with Crippen LogP contribution in [0.25, 0.3) is 0 Å². The fourth-order valence-electron chi connectivity index (χ4n) is 3.30. The monoisotopic (exact) mass is 235 g/mol. The van der Waals surface area contributed by atoms with Gasteiger partial charge in [-0.15, -0.1) is 0 Å². The molecule has 0 saturated heterocycles. The molecule has 0 spiro atoms. The molecular formula is C14H25N3. The van der Waals surface area contributed by atoms with Crippen LogP contribution in [0.5, 0.6) is 0 Å². The number of fused-ring (bicyclic) bond motifs is 1. The molecule has 1 aliphatic heterocycles. The van der Waals surface area contributed by atoms with Crippen LogP contribution in [0, 0.1) is 6.92 Å². The fraction of sp³-hybridized carbons (Fsp3) is 0.786. The molecule has 0 amide bonds. The second-order valence-corrected chi connectivity index (χ2v) is 5.10. The normalized spacial score (nSPS) is 16.0. The Labute approximate surface area is 105 Å². The van der Waals surface area contributed by atoms with Gasteiger partial charge in [0.25, 0.3) is 0 Å². The molecule has 1 N–H and O–H groups in total. The third-order valence-electron chi connectivity index (χ3n) is 4.50. The zero-order chi connectivity index (χ0) is 12.5. The lowest BCUT2D eigenvalue weighted by Gasteiger charge is -2.36. The molecule has 1 aromatic rings. The predicted octanol–water partition coefficient (Wildman–Crippen LogP) is 2.76. The zero-order valence-electron chi connectivity index (χ0n) is 11.6. The van der Waals surface area contributed by atoms with Crippen molar-refractivity contribution in [1.82, 2.24) is 14.9 Å². The summed E-state index contributed by atoms with van der Waals surface area (Å²) in [4.78, 5) is 4.76. The van der Waals surface area contributed by atoms with E-state index in [2.05, 4.69) is 37.6 Å². The van der Waals surface area contributed by atoms with Gasteiger partial charge >= 0.3 is 0 Å². The molecule has 17 heavy (non-hydrogen) atoms. The van der Waals surface area contributed by atoms with Gasteiger partial charge in [0, 0.05) is 30.7 Å². The van der Waals surface area contributed by atoms with Gasteiger partial charge in [-0.2, -0.15) is 0 Å². The summed E-state index contributed by atoms with van der Waals surface area (Å²) in [5.41, 5.74) is 3.03. The Morgan fingerprint density at radius 1 is 1.24 bits per heavy atom. The number of hydrogen-bond donors (Lipinski definition) is 1. The maximum absolute atomic E-state index is 4.76. The van der Waals surface area contributed by atoms with Crippen molar-refractivity contribution in [2.75, 3.05) is 6.54 Å². The van der Waals surface area contributed by atoms with E-state index < -0.39 is 0 Å². The summed E-state index contributed by atoms with van der Waals surface area (Å²) in [6, 6.07) is 0. The molecule has 0 saturated carbocycles. The van der Waals surface area contributed by atoms with Crippen LogP contribution in [0.4, 0.5) is 0 Å². The Bertz CT molecular complexity index is 380. The van der Waals surface area contributed by atoms with Crippen LogP contribution >= 0.6 is 0 Å². The van der Waals surface area contributed by atoms with E-state index in [1.54, 1.807) is 0 Å². The number of aryl methyl sites for hydroxylation is 1. The molecule has 1 aromatic heterocycles. The van der Waals surface area contributed by atoms with Crippen LogP contribution in [0.1, 0.15) is 57.2 Å². The van der Waals surface area contributed by atoms with Gasteiger partial charge in [0.15, 0.2) is 0 Å². The highest BCUT2D eigenvalue weighted by atomic mass is 15.2. The van der Waals surface area contributed by atoms with Gasteiger partial charge in [-0.3, -0.25) is 0 Å². The fourth-order valence-corrected chi connectivity index (χ4v) is 3.30. The van der Waals surface area contributed by atoms with E-state index in [1.165, 1.54) is 36.5 Å². The van der Waals surface area contributed by atoms with E-state index in [1.807, 2.05) is 0 Å². The summed E-state index contributed by atoms with van der Waals surface area (Å²) in [5.74, 6) is 1.20. The largest absolute Gasteiger partial charge is 0.326 e. The molecule has 0 fully saturated rings. The number of nitrogens with one attached hydrogen (secondary N) is 1. The molecule has 0 radical (unpaired) electrons. The first-order valence-corrected chi connectivity index (χ1v) is 6.96. The van der Waals surface area contributed by atoms with E-state index in [-0.39, 0.29) is 5.54 Å². The van der Waals surface area contributed by atoms with Crippen LogP contribution in [0.2, 0.25) is 0 Å².